The van der Waals surface area contributed by atoms with Crippen molar-refractivity contribution < 1.29 is 9.11 Å². The van der Waals surface area contributed by atoms with Gasteiger partial charge >= 0.3 is 0 Å². The van der Waals surface area contributed by atoms with Crippen LogP contribution >= 0.6 is 10.6 Å². The highest BCUT2D eigenvalue weighted by molar-refractivity contribution is 8.24. The van der Waals surface area contributed by atoms with Gasteiger partial charge < -0.3 is 10.3 Å². The van der Waals surface area contributed by atoms with Gasteiger partial charge in [-0.25, -0.2) is 0 Å². The molecule has 1 unspecified atom stereocenters. The lowest BCUT2D eigenvalue weighted by molar-refractivity contribution is 0.426. The van der Waals surface area contributed by atoms with Crippen LogP contribution in [-0.4, -0.2) is 29.6 Å². The SMILES string of the molecule is N#CCC(C1CC1)n1nc(Nc2ccc3c(c2)CCS3(O)O)c2c(=O)[nH]ccc21. The summed E-state index contributed by atoms with van der Waals surface area (Å²) in [7, 11) is -2.69. The van der Waals surface area contributed by atoms with Crippen LogP contribution in [0.15, 0.2) is 40.2 Å². The van der Waals surface area contributed by atoms with Crippen molar-refractivity contribution in [1.82, 2.24) is 14.8 Å². The number of nitrogens with zero attached hydrogens (tertiary/aromatic N) is 3. The van der Waals surface area contributed by atoms with Crippen LogP contribution in [0.1, 0.15) is 30.9 Å². The smallest absolute Gasteiger partial charge is 0.261 e. The van der Waals surface area contributed by atoms with Crippen LogP contribution in [0, 0.1) is 17.2 Å². The van der Waals surface area contributed by atoms with Gasteiger partial charge in [-0.05, 0) is 55.0 Å². The molecule has 5 rings (SSSR count). The predicted molar refractivity (Wildman–Crippen MR) is 112 cm³/mol. The third kappa shape index (κ3) is 3.09. The zero-order chi connectivity index (χ0) is 20.2. The van der Waals surface area contributed by atoms with E-state index in [4.69, 9.17) is 0 Å². The molecule has 1 aromatic carbocycles. The highest BCUT2D eigenvalue weighted by Crippen LogP contribution is 2.55. The predicted octanol–water partition coefficient (Wildman–Crippen LogP) is 4.00. The molecule has 29 heavy (non-hydrogen) atoms. The molecule has 1 fully saturated rings. The Kier molecular flexibility index (Phi) is 4.17. The van der Waals surface area contributed by atoms with Gasteiger partial charge in [-0.15, -0.1) is 0 Å². The van der Waals surface area contributed by atoms with Crippen molar-refractivity contribution in [2.24, 2.45) is 5.92 Å². The Bertz CT molecular complexity index is 1210. The lowest BCUT2D eigenvalue weighted by Gasteiger charge is -2.27. The van der Waals surface area contributed by atoms with Gasteiger partial charge in [0.15, 0.2) is 5.82 Å². The van der Waals surface area contributed by atoms with Gasteiger partial charge in [0.05, 0.1) is 28.9 Å². The number of benzene rings is 1. The molecule has 8 nitrogen and oxygen atoms in total. The maximum Gasteiger partial charge on any atom is 0.261 e. The number of hydrogen-bond acceptors (Lipinski definition) is 6. The zero-order valence-electron chi connectivity index (χ0n) is 15.6. The number of aromatic amines is 1. The number of H-pyrrole nitrogens is 1. The normalized spacial score (nSPS) is 19.5. The van der Waals surface area contributed by atoms with Gasteiger partial charge in [0, 0.05) is 17.6 Å². The molecule has 2 aliphatic rings. The lowest BCUT2D eigenvalue weighted by Crippen LogP contribution is -2.13. The number of nitrogens with one attached hydrogen (secondary N) is 2. The van der Waals surface area contributed by atoms with Crippen LogP contribution in [0.25, 0.3) is 10.9 Å². The molecule has 2 aromatic heterocycles. The summed E-state index contributed by atoms with van der Waals surface area (Å²) in [6, 6.07) is 9.40. The number of fused-ring (bicyclic) bond motifs is 2. The van der Waals surface area contributed by atoms with Gasteiger partial charge in [-0.2, -0.15) is 21.0 Å². The molecular weight excluding hydrogens is 390 g/mol. The summed E-state index contributed by atoms with van der Waals surface area (Å²) in [5.74, 6) is 1.20. The minimum Gasteiger partial charge on any atom is -0.338 e. The van der Waals surface area contributed by atoms with E-state index in [-0.39, 0.29) is 11.6 Å². The van der Waals surface area contributed by atoms with Crippen LogP contribution in [0.4, 0.5) is 11.5 Å². The van der Waals surface area contributed by atoms with E-state index in [0.29, 0.717) is 46.1 Å². The minimum absolute atomic E-state index is 0.0483. The van der Waals surface area contributed by atoms with Crippen molar-refractivity contribution in [3.8, 4) is 6.07 Å². The fourth-order valence-corrected chi connectivity index (χ4v) is 5.73. The minimum atomic E-state index is -2.69. The molecule has 1 aliphatic heterocycles. The standard InChI is InChI=1S/C20H21N5O3S/c21-8-5-15(12-1-2-12)25-16-6-9-22-20(26)18(16)19(24-25)23-14-3-4-17-13(11-14)7-10-29(17,27)28/h3-4,6,9,11-12,15,27-28H,1-2,5,7,10H2,(H,22,26)(H,23,24). The van der Waals surface area contributed by atoms with Crippen LogP contribution in [0.5, 0.6) is 0 Å². The second kappa shape index (κ2) is 6.62. The summed E-state index contributed by atoms with van der Waals surface area (Å²) in [6.07, 6.45) is 4.69. The first-order valence-electron chi connectivity index (χ1n) is 9.60. The van der Waals surface area contributed by atoms with Gasteiger partial charge in [0.2, 0.25) is 0 Å². The Balaban J connectivity index is 1.57. The largest absolute Gasteiger partial charge is 0.338 e. The van der Waals surface area contributed by atoms with Crippen LogP contribution < -0.4 is 10.9 Å². The van der Waals surface area contributed by atoms with E-state index < -0.39 is 10.6 Å². The van der Waals surface area contributed by atoms with Crippen molar-refractivity contribution in [3.05, 3.63) is 46.4 Å². The van der Waals surface area contributed by atoms with Crippen molar-refractivity contribution in [1.29, 1.82) is 5.26 Å². The van der Waals surface area contributed by atoms with Crippen LogP contribution in [-0.2, 0) is 6.42 Å². The molecule has 1 aliphatic carbocycles. The Morgan fingerprint density at radius 3 is 2.97 bits per heavy atom. The molecule has 0 amide bonds. The fourth-order valence-electron chi connectivity index (χ4n) is 4.14. The van der Waals surface area contributed by atoms with Gasteiger partial charge in [-0.1, -0.05) is 0 Å². The van der Waals surface area contributed by atoms with Crippen molar-refractivity contribution in [2.45, 2.75) is 36.6 Å². The molecule has 3 aromatic rings. The summed E-state index contributed by atoms with van der Waals surface area (Å²) in [4.78, 5) is 15.9. The molecule has 4 N–H and O–H groups in total. The molecule has 0 bridgehead atoms. The summed E-state index contributed by atoms with van der Waals surface area (Å²) < 4.78 is 22.0. The summed E-state index contributed by atoms with van der Waals surface area (Å²) in [5, 5.41) is 17.6. The van der Waals surface area contributed by atoms with Gasteiger partial charge in [0.1, 0.15) is 5.39 Å². The summed E-state index contributed by atoms with van der Waals surface area (Å²) in [5.41, 5.74) is 2.10. The first-order chi connectivity index (χ1) is 14.0. The monoisotopic (exact) mass is 411 g/mol. The number of aryl methyl sites for hydroxylation is 1. The van der Waals surface area contributed by atoms with E-state index in [0.717, 1.165) is 24.1 Å². The molecular formula is C20H21N5O3S. The number of pyridine rings is 1. The Morgan fingerprint density at radius 2 is 2.21 bits per heavy atom. The van der Waals surface area contributed by atoms with Crippen molar-refractivity contribution >= 4 is 33.0 Å². The van der Waals surface area contributed by atoms with E-state index in [2.05, 4.69) is 21.5 Å². The number of rotatable bonds is 5. The summed E-state index contributed by atoms with van der Waals surface area (Å²) >= 11 is 0. The molecule has 0 radical (unpaired) electrons. The molecule has 0 saturated heterocycles. The van der Waals surface area contributed by atoms with E-state index in [1.807, 2.05) is 16.8 Å². The molecule has 1 saturated carbocycles. The van der Waals surface area contributed by atoms with E-state index >= 15 is 0 Å². The highest BCUT2D eigenvalue weighted by atomic mass is 32.3. The topological polar surface area (TPSA) is 127 Å². The molecule has 1 atom stereocenters. The zero-order valence-corrected chi connectivity index (χ0v) is 16.4. The summed E-state index contributed by atoms with van der Waals surface area (Å²) in [6.45, 7) is 0. The van der Waals surface area contributed by atoms with Crippen molar-refractivity contribution in [2.75, 3.05) is 11.1 Å². The number of nitriles is 1. The molecule has 150 valence electrons. The Hall–Kier alpha value is -2.80. The fraction of sp³-hybridized carbons (Fsp3) is 0.350. The molecule has 9 heteroatoms. The number of hydrogen-bond donors (Lipinski definition) is 4. The van der Waals surface area contributed by atoms with E-state index in [9.17, 15) is 19.2 Å². The number of aromatic nitrogens is 3. The third-order valence-corrected chi connectivity index (χ3v) is 7.62. The van der Waals surface area contributed by atoms with Gasteiger partial charge in [0.25, 0.3) is 5.56 Å². The van der Waals surface area contributed by atoms with Crippen molar-refractivity contribution in [3.63, 3.8) is 0 Å². The maximum absolute atomic E-state index is 12.6. The van der Waals surface area contributed by atoms with Gasteiger partial charge in [-0.3, -0.25) is 18.6 Å². The second-order valence-corrected chi connectivity index (χ2v) is 9.88. The average molecular weight is 411 g/mol. The quantitative estimate of drug-likeness (QED) is 0.503. The van der Waals surface area contributed by atoms with Crippen LogP contribution in [0.2, 0.25) is 0 Å². The first kappa shape index (κ1) is 18.2. The average Bonchev–Trinajstić information content (AvgIpc) is 3.41. The lowest BCUT2D eigenvalue weighted by atomic mass is 10.1. The van der Waals surface area contributed by atoms with Crippen LogP contribution in [0.3, 0.4) is 0 Å². The Labute approximate surface area is 168 Å². The first-order valence-corrected chi connectivity index (χ1v) is 11.3. The second-order valence-electron chi connectivity index (χ2n) is 7.70. The van der Waals surface area contributed by atoms with E-state index in [1.165, 1.54) is 0 Å². The van der Waals surface area contributed by atoms with E-state index in [1.54, 1.807) is 18.3 Å². The molecule has 0 spiro atoms. The Morgan fingerprint density at radius 1 is 1.38 bits per heavy atom. The molecule has 3 heterocycles. The highest BCUT2D eigenvalue weighted by Gasteiger charge is 2.34. The maximum atomic E-state index is 12.6. The number of anilines is 2. The third-order valence-electron chi connectivity index (χ3n) is 5.74.